The van der Waals surface area contributed by atoms with Crippen molar-refractivity contribution in [1.82, 2.24) is 20.4 Å². The summed E-state index contributed by atoms with van der Waals surface area (Å²) in [6.07, 6.45) is 4.27. The van der Waals surface area contributed by atoms with Crippen molar-refractivity contribution in [2.24, 2.45) is 11.8 Å². The first-order valence-corrected chi connectivity index (χ1v) is 13.6. The first-order chi connectivity index (χ1) is 17.9. The Morgan fingerprint density at radius 3 is 2.54 bits per heavy atom. The Labute approximate surface area is 220 Å². The molecule has 0 aliphatic carbocycles. The number of amides is 1. The third-order valence-electron chi connectivity index (χ3n) is 7.87. The molecule has 0 radical (unpaired) electrons. The molecule has 4 heterocycles. The lowest BCUT2D eigenvalue weighted by atomic mass is 9.81. The molecule has 196 valence electrons. The van der Waals surface area contributed by atoms with Gasteiger partial charge in [-0.05, 0) is 60.9 Å². The van der Waals surface area contributed by atoms with Crippen molar-refractivity contribution in [2.75, 3.05) is 44.2 Å². The zero-order valence-corrected chi connectivity index (χ0v) is 22.3. The predicted octanol–water partition coefficient (Wildman–Crippen LogP) is 4.54. The van der Waals surface area contributed by atoms with Gasteiger partial charge in [0.1, 0.15) is 5.82 Å². The molecule has 7 heteroatoms. The van der Waals surface area contributed by atoms with E-state index in [1.165, 1.54) is 5.56 Å². The SMILES string of the molecule is CC(C)(C)c1ccc(-c2cc(CC3CNCCC3CC(=O)N3CCN(c4ccccn4)CC3)no2)cc1. The van der Waals surface area contributed by atoms with Gasteiger partial charge < -0.3 is 19.6 Å². The fourth-order valence-corrected chi connectivity index (χ4v) is 5.51. The standard InChI is InChI=1S/C30H39N5O2/c1-30(2,3)25-9-7-22(8-10-25)27-20-26(33-37-27)18-24-21-31-13-11-23(24)19-29(36)35-16-14-34(15-17-35)28-6-4-5-12-32-28/h4-10,12,20,23-24,31H,11,13-19,21H2,1-3H3. The maximum atomic E-state index is 13.2. The Morgan fingerprint density at radius 2 is 1.84 bits per heavy atom. The zero-order chi connectivity index (χ0) is 25.8. The van der Waals surface area contributed by atoms with E-state index in [0.29, 0.717) is 18.3 Å². The molecule has 0 saturated carbocycles. The van der Waals surface area contributed by atoms with Crippen LogP contribution in [-0.4, -0.2) is 60.2 Å². The van der Waals surface area contributed by atoms with Crippen LogP contribution in [-0.2, 0) is 16.6 Å². The third kappa shape index (κ3) is 6.21. The number of pyridine rings is 1. The van der Waals surface area contributed by atoms with Crippen LogP contribution in [0.4, 0.5) is 5.82 Å². The van der Waals surface area contributed by atoms with E-state index in [0.717, 1.165) is 74.9 Å². The summed E-state index contributed by atoms with van der Waals surface area (Å²) in [7, 11) is 0. The largest absolute Gasteiger partial charge is 0.356 e. The van der Waals surface area contributed by atoms with Gasteiger partial charge in [0.25, 0.3) is 0 Å². The quantitative estimate of drug-likeness (QED) is 0.535. The number of benzene rings is 1. The van der Waals surface area contributed by atoms with Gasteiger partial charge in [-0.3, -0.25) is 4.79 Å². The second-order valence-corrected chi connectivity index (χ2v) is 11.5. The summed E-state index contributed by atoms with van der Waals surface area (Å²) in [6.45, 7) is 11.7. The fraction of sp³-hybridized carbons (Fsp3) is 0.500. The zero-order valence-electron chi connectivity index (χ0n) is 22.3. The van der Waals surface area contributed by atoms with Crippen LogP contribution >= 0.6 is 0 Å². The highest BCUT2D eigenvalue weighted by molar-refractivity contribution is 5.77. The lowest BCUT2D eigenvalue weighted by Gasteiger charge is -2.37. The van der Waals surface area contributed by atoms with Crippen LogP contribution in [0.1, 0.15) is 44.9 Å². The topological polar surface area (TPSA) is 74.5 Å². The molecule has 2 aliphatic rings. The van der Waals surface area contributed by atoms with Crippen LogP contribution in [0, 0.1) is 11.8 Å². The molecule has 1 amide bonds. The Balaban J connectivity index is 1.17. The Hall–Kier alpha value is -3.19. The van der Waals surface area contributed by atoms with Crippen LogP contribution in [0.3, 0.4) is 0 Å². The molecular weight excluding hydrogens is 462 g/mol. The van der Waals surface area contributed by atoms with Gasteiger partial charge in [0, 0.05) is 50.4 Å². The monoisotopic (exact) mass is 501 g/mol. The van der Waals surface area contributed by atoms with Gasteiger partial charge in [0.2, 0.25) is 5.91 Å². The number of hydrogen-bond donors (Lipinski definition) is 1. The summed E-state index contributed by atoms with van der Waals surface area (Å²) in [5.41, 5.74) is 3.43. The average Bonchev–Trinajstić information content (AvgIpc) is 3.38. The molecule has 2 unspecified atom stereocenters. The van der Waals surface area contributed by atoms with Gasteiger partial charge in [-0.1, -0.05) is 56.3 Å². The molecule has 3 aromatic rings. The normalized spacial score (nSPS) is 20.7. The van der Waals surface area contributed by atoms with E-state index in [2.05, 4.69) is 71.5 Å². The van der Waals surface area contributed by atoms with Crippen molar-refractivity contribution in [2.45, 2.75) is 45.4 Å². The van der Waals surface area contributed by atoms with Gasteiger partial charge in [-0.2, -0.15) is 0 Å². The smallest absolute Gasteiger partial charge is 0.222 e. The molecule has 1 aromatic carbocycles. The second kappa shape index (κ2) is 11.1. The summed E-state index contributed by atoms with van der Waals surface area (Å²) in [4.78, 5) is 22.0. The van der Waals surface area contributed by atoms with E-state index in [-0.39, 0.29) is 11.3 Å². The molecule has 2 fully saturated rings. The van der Waals surface area contributed by atoms with E-state index < -0.39 is 0 Å². The fourth-order valence-electron chi connectivity index (χ4n) is 5.51. The molecule has 2 saturated heterocycles. The second-order valence-electron chi connectivity index (χ2n) is 11.5. The van der Waals surface area contributed by atoms with E-state index in [9.17, 15) is 4.79 Å². The molecule has 0 bridgehead atoms. The number of carbonyl (C=O) groups is 1. The molecule has 7 nitrogen and oxygen atoms in total. The number of hydrogen-bond acceptors (Lipinski definition) is 6. The van der Waals surface area contributed by atoms with Crippen molar-refractivity contribution in [3.63, 3.8) is 0 Å². The predicted molar refractivity (Wildman–Crippen MR) is 146 cm³/mol. The van der Waals surface area contributed by atoms with Crippen molar-refractivity contribution >= 4 is 11.7 Å². The van der Waals surface area contributed by atoms with Gasteiger partial charge >= 0.3 is 0 Å². The molecule has 2 atom stereocenters. The Bertz CT molecular complexity index is 1160. The van der Waals surface area contributed by atoms with Crippen molar-refractivity contribution in [3.05, 3.63) is 66.0 Å². The molecule has 5 rings (SSSR count). The number of aromatic nitrogens is 2. The van der Waals surface area contributed by atoms with Gasteiger partial charge in [0.15, 0.2) is 5.76 Å². The summed E-state index contributed by atoms with van der Waals surface area (Å²) >= 11 is 0. The van der Waals surface area contributed by atoms with Crippen LogP contribution in [0.2, 0.25) is 0 Å². The Morgan fingerprint density at radius 1 is 1.05 bits per heavy atom. The lowest BCUT2D eigenvalue weighted by molar-refractivity contribution is -0.133. The number of carbonyl (C=O) groups excluding carboxylic acids is 1. The summed E-state index contributed by atoms with van der Waals surface area (Å²) in [6, 6.07) is 16.6. The van der Waals surface area contributed by atoms with Crippen LogP contribution in [0.5, 0.6) is 0 Å². The highest BCUT2D eigenvalue weighted by Gasteiger charge is 2.31. The van der Waals surface area contributed by atoms with E-state index in [4.69, 9.17) is 4.52 Å². The van der Waals surface area contributed by atoms with Crippen molar-refractivity contribution < 1.29 is 9.32 Å². The highest BCUT2D eigenvalue weighted by Crippen LogP contribution is 2.30. The number of nitrogens with one attached hydrogen (secondary N) is 1. The summed E-state index contributed by atoms with van der Waals surface area (Å²) < 4.78 is 5.72. The van der Waals surface area contributed by atoms with E-state index >= 15 is 0 Å². The van der Waals surface area contributed by atoms with E-state index in [1.807, 2.05) is 29.3 Å². The highest BCUT2D eigenvalue weighted by atomic mass is 16.5. The van der Waals surface area contributed by atoms with E-state index in [1.54, 1.807) is 0 Å². The maximum absolute atomic E-state index is 13.2. The molecule has 37 heavy (non-hydrogen) atoms. The number of anilines is 1. The Kier molecular flexibility index (Phi) is 7.60. The first-order valence-electron chi connectivity index (χ1n) is 13.6. The summed E-state index contributed by atoms with van der Waals surface area (Å²) in [5, 5.41) is 7.91. The molecule has 2 aliphatic heterocycles. The average molecular weight is 502 g/mol. The van der Waals surface area contributed by atoms with Crippen molar-refractivity contribution in [1.29, 1.82) is 0 Å². The van der Waals surface area contributed by atoms with Gasteiger partial charge in [-0.15, -0.1) is 0 Å². The first kappa shape index (κ1) is 25.5. The lowest BCUT2D eigenvalue weighted by Crippen LogP contribution is -2.50. The molecular formula is C30H39N5O2. The summed E-state index contributed by atoms with van der Waals surface area (Å²) in [5.74, 6) is 2.79. The third-order valence-corrected chi connectivity index (χ3v) is 7.87. The van der Waals surface area contributed by atoms with Crippen molar-refractivity contribution in [3.8, 4) is 11.3 Å². The number of rotatable bonds is 6. The number of piperazine rings is 1. The van der Waals surface area contributed by atoms with Crippen LogP contribution in [0.15, 0.2) is 59.3 Å². The minimum atomic E-state index is 0.123. The maximum Gasteiger partial charge on any atom is 0.222 e. The van der Waals surface area contributed by atoms with Gasteiger partial charge in [0.05, 0.1) is 5.69 Å². The minimum Gasteiger partial charge on any atom is -0.356 e. The van der Waals surface area contributed by atoms with Crippen LogP contribution in [0.25, 0.3) is 11.3 Å². The molecule has 2 aromatic heterocycles. The number of nitrogens with zero attached hydrogens (tertiary/aromatic N) is 4. The molecule has 1 N–H and O–H groups in total. The van der Waals surface area contributed by atoms with Crippen LogP contribution < -0.4 is 10.2 Å². The minimum absolute atomic E-state index is 0.123. The van der Waals surface area contributed by atoms with Gasteiger partial charge in [-0.25, -0.2) is 4.98 Å². The number of piperidine rings is 1. The molecule has 0 spiro atoms.